The molecule has 6 aromatic rings. The minimum atomic E-state index is -0.101. The van der Waals surface area contributed by atoms with Gasteiger partial charge in [-0.25, -0.2) is 15.0 Å². The average molecular weight is 485 g/mol. The lowest BCUT2D eigenvalue weighted by Crippen LogP contribution is -2.23. The smallest absolute Gasteiger partial charge is 0.252 e. The zero-order valence-corrected chi connectivity index (χ0v) is 20.2. The van der Waals surface area contributed by atoms with Gasteiger partial charge in [-0.2, -0.15) is 0 Å². The molecule has 3 N–H and O–H groups in total. The van der Waals surface area contributed by atoms with Gasteiger partial charge in [-0.1, -0.05) is 48.5 Å². The van der Waals surface area contributed by atoms with Crippen molar-refractivity contribution in [2.24, 2.45) is 0 Å². The van der Waals surface area contributed by atoms with Crippen LogP contribution in [0.5, 0.6) is 0 Å². The van der Waals surface area contributed by atoms with E-state index in [2.05, 4.69) is 15.3 Å². The van der Waals surface area contributed by atoms with Crippen molar-refractivity contribution < 1.29 is 4.79 Å². The van der Waals surface area contributed by atoms with E-state index in [1.165, 1.54) is 0 Å². The molecule has 0 fully saturated rings. The number of benzene rings is 3. The van der Waals surface area contributed by atoms with Crippen molar-refractivity contribution in [1.82, 2.24) is 24.8 Å². The van der Waals surface area contributed by atoms with E-state index < -0.39 is 0 Å². The summed E-state index contributed by atoms with van der Waals surface area (Å²) in [6, 6.07) is 27.4. The molecule has 0 saturated heterocycles. The zero-order chi connectivity index (χ0) is 25.4. The molecule has 3 aromatic carbocycles. The van der Waals surface area contributed by atoms with Crippen LogP contribution in [-0.4, -0.2) is 25.4 Å². The maximum absolute atomic E-state index is 12.9. The van der Waals surface area contributed by atoms with Crippen LogP contribution < -0.4 is 11.1 Å². The number of nitrogen functional groups attached to an aromatic ring is 1. The number of fused-ring (bicyclic) bond motifs is 2. The fourth-order valence-electron chi connectivity index (χ4n) is 4.56. The van der Waals surface area contributed by atoms with Gasteiger partial charge in [0.25, 0.3) is 5.91 Å². The van der Waals surface area contributed by atoms with Gasteiger partial charge in [0.2, 0.25) is 0 Å². The third-order valence-electron chi connectivity index (χ3n) is 6.40. The number of pyridine rings is 2. The standard InChI is InChI=1S/C30H24N6O/c1-19-16-26-29(33-17-19)36(28(35-26)25-10-5-15-32-27(25)31)22-13-11-20(12-14-22)18-34-30(37)24-9-4-7-21-6-2-3-8-23(21)24/h2-17H,18H2,1H3,(H2,31,32)(H,34,37). The predicted molar refractivity (Wildman–Crippen MR) is 146 cm³/mol. The van der Waals surface area contributed by atoms with Gasteiger partial charge in [-0.15, -0.1) is 0 Å². The van der Waals surface area contributed by atoms with Gasteiger partial charge in [-0.3, -0.25) is 9.36 Å². The average Bonchev–Trinajstić information content (AvgIpc) is 3.30. The van der Waals surface area contributed by atoms with Gasteiger partial charge in [0, 0.05) is 30.2 Å². The van der Waals surface area contributed by atoms with Crippen LogP contribution in [0.1, 0.15) is 21.5 Å². The SMILES string of the molecule is Cc1cnc2c(c1)nc(-c1cccnc1N)n2-c1ccc(CNC(=O)c2cccc3ccccc23)cc1. The van der Waals surface area contributed by atoms with Crippen LogP contribution in [0.4, 0.5) is 5.82 Å². The largest absolute Gasteiger partial charge is 0.383 e. The van der Waals surface area contributed by atoms with Crippen molar-refractivity contribution in [2.45, 2.75) is 13.5 Å². The third kappa shape index (κ3) is 4.16. The first-order valence-electron chi connectivity index (χ1n) is 12.0. The highest BCUT2D eigenvalue weighted by atomic mass is 16.1. The maximum Gasteiger partial charge on any atom is 0.252 e. The van der Waals surface area contributed by atoms with Crippen molar-refractivity contribution in [1.29, 1.82) is 0 Å². The number of aromatic nitrogens is 4. The molecule has 0 aliphatic carbocycles. The van der Waals surface area contributed by atoms with E-state index in [0.717, 1.165) is 44.3 Å². The fraction of sp³-hybridized carbons (Fsp3) is 0.0667. The predicted octanol–water partition coefficient (Wildman–Crippen LogP) is 5.46. The highest BCUT2D eigenvalue weighted by molar-refractivity contribution is 6.07. The summed E-state index contributed by atoms with van der Waals surface area (Å²) < 4.78 is 1.99. The van der Waals surface area contributed by atoms with Gasteiger partial charge in [0.1, 0.15) is 11.3 Å². The topological polar surface area (TPSA) is 98.7 Å². The van der Waals surface area contributed by atoms with E-state index in [1.807, 2.05) is 103 Å². The number of nitrogens with one attached hydrogen (secondary N) is 1. The molecular weight excluding hydrogens is 460 g/mol. The minimum Gasteiger partial charge on any atom is -0.383 e. The Kier molecular flexibility index (Phi) is 5.58. The van der Waals surface area contributed by atoms with Crippen LogP contribution >= 0.6 is 0 Å². The molecule has 0 radical (unpaired) electrons. The second-order valence-corrected chi connectivity index (χ2v) is 8.94. The van der Waals surface area contributed by atoms with E-state index in [1.54, 1.807) is 6.20 Å². The molecule has 0 atom stereocenters. The monoisotopic (exact) mass is 484 g/mol. The lowest BCUT2D eigenvalue weighted by molar-refractivity contribution is 0.0952. The normalized spacial score (nSPS) is 11.2. The molecule has 6 rings (SSSR count). The minimum absolute atomic E-state index is 0.101. The van der Waals surface area contributed by atoms with Gasteiger partial charge < -0.3 is 11.1 Å². The molecule has 37 heavy (non-hydrogen) atoms. The van der Waals surface area contributed by atoms with Gasteiger partial charge in [-0.05, 0) is 65.2 Å². The lowest BCUT2D eigenvalue weighted by Gasteiger charge is -2.12. The number of nitrogens with two attached hydrogens (primary N) is 1. The lowest BCUT2D eigenvalue weighted by atomic mass is 10.0. The zero-order valence-electron chi connectivity index (χ0n) is 20.2. The molecular formula is C30H24N6O. The van der Waals surface area contributed by atoms with Crippen LogP contribution in [0.3, 0.4) is 0 Å². The molecule has 3 aromatic heterocycles. The number of aryl methyl sites for hydroxylation is 1. The summed E-state index contributed by atoms with van der Waals surface area (Å²) in [5.74, 6) is 0.981. The van der Waals surface area contributed by atoms with Crippen LogP contribution in [0.2, 0.25) is 0 Å². The van der Waals surface area contributed by atoms with E-state index in [4.69, 9.17) is 10.7 Å². The van der Waals surface area contributed by atoms with E-state index in [-0.39, 0.29) is 5.91 Å². The van der Waals surface area contributed by atoms with Crippen LogP contribution in [-0.2, 0) is 6.54 Å². The summed E-state index contributed by atoms with van der Waals surface area (Å²) in [6.07, 6.45) is 3.49. The molecule has 7 nitrogen and oxygen atoms in total. The summed E-state index contributed by atoms with van der Waals surface area (Å²) >= 11 is 0. The van der Waals surface area contributed by atoms with E-state index in [9.17, 15) is 4.79 Å². The Labute approximate surface area is 213 Å². The number of amides is 1. The number of hydrogen-bond acceptors (Lipinski definition) is 5. The molecule has 0 aliphatic heterocycles. The number of anilines is 1. The van der Waals surface area contributed by atoms with Crippen molar-refractivity contribution >= 4 is 33.7 Å². The Balaban J connectivity index is 1.30. The van der Waals surface area contributed by atoms with Gasteiger partial charge in [0.15, 0.2) is 11.5 Å². The highest BCUT2D eigenvalue weighted by Crippen LogP contribution is 2.30. The molecule has 0 aliphatic rings. The summed E-state index contributed by atoms with van der Waals surface area (Å²) in [4.78, 5) is 26.7. The van der Waals surface area contributed by atoms with Crippen molar-refractivity contribution in [3.05, 3.63) is 114 Å². The highest BCUT2D eigenvalue weighted by Gasteiger charge is 2.18. The number of carbonyl (C=O) groups is 1. The summed E-state index contributed by atoms with van der Waals surface area (Å²) in [7, 11) is 0. The van der Waals surface area contributed by atoms with Crippen molar-refractivity contribution in [3.63, 3.8) is 0 Å². The Hall–Kier alpha value is -5.04. The van der Waals surface area contributed by atoms with Crippen molar-refractivity contribution in [3.8, 4) is 17.1 Å². The molecule has 7 heteroatoms. The summed E-state index contributed by atoms with van der Waals surface area (Å²) in [5.41, 5.74) is 12.0. The van der Waals surface area contributed by atoms with E-state index >= 15 is 0 Å². The molecule has 3 heterocycles. The second kappa shape index (κ2) is 9.20. The third-order valence-corrected chi connectivity index (χ3v) is 6.40. The Morgan fingerprint density at radius 3 is 2.59 bits per heavy atom. The Morgan fingerprint density at radius 1 is 0.946 bits per heavy atom. The molecule has 0 bridgehead atoms. The molecule has 0 spiro atoms. The number of imidazole rings is 1. The molecule has 180 valence electrons. The van der Waals surface area contributed by atoms with Crippen LogP contribution in [0.25, 0.3) is 39.0 Å². The van der Waals surface area contributed by atoms with Crippen LogP contribution in [0, 0.1) is 6.92 Å². The van der Waals surface area contributed by atoms with Gasteiger partial charge in [0.05, 0.1) is 5.56 Å². The molecule has 1 amide bonds. The number of rotatable bonds is 5. The summed E-state index contributed by atoms with van der Waals surface area (Å²) in [5, 5.41) is 5.03. The van der Waals surface area contributed by atoms with Crippen molar-refractivity contribution in [2.75, 3.05) is 5.73 Å². The number of hydrogen-bond donors (Lipinski definition) is 2. The summed E-state index contributed by atoms with van der Waals surface area (Å²) in [6.45, 7) is 2.40. The van der Waals surface area contributed by atoms with Crippen LogP contribution in [0.15, 0.2) is 97.3 Å². The molecule has 0 unspecified atom stereocenters. The molecule has 0 saturated carbocycles. The second-order valence-electron chi connectivity index (χ2n) is 8.94. The quantitative estimate of drug-likeness (QED) is 0.339. The maximum atomic E-state index is 12.9. The van der Waals surface area contributed by atoms with Gasteiger partial charge >= 0.3 is 0 Å². The first-order chi connectivity index (χ1) is 18.1. The first-order valence-corrected chi connectivity index (χ1v) is 12.0. The number of carbonyl (C=O) groups excluding carboxylic acids is 1. The Bertz CT molecular complexity index is 1770. The van der Waals surface area contributed by atoms with E-state index in [0.29, 0.717) is 23.8 Å². The Morgan fingerprint density at radius 2 is 1.76 bits per heavy atom. The first kappa shape index (κ1) is 22.4. The fourth-order valence-corrected chi connectivity index (χ4v) is 4.56. The number of nitrogens with zero attached hydrogens (tertiary/aromatic N) is 4.